The van der Waals surface area contributed by atoms with E-state index in [0.29, 0.717) is 12.5 Å². The van der Waals surface area contributed by atoms with Crippen LogP contribution in [0.15, 0.2) is 30.7 Å². The summed E-state index contributed by atoms with van der Waals surface area (Å²) >= 11 is 0. The Labute approximate surface area is 112 Å². The SMILES string of the molecule is CCN(CC)c1cnnc(NCc2cccnc2)n1. The van der Waals surface area contributed by atoms with Crippen LogP contribution in [-0.2, 0) is 6.54 Å². The number of hydrogen-bond acceptors (Lipinski definition) is 6. The zero-order valence-electron chi connectivity index (χ0n) is 11.2. The molecule has 19 heavy (non-hydrogen) atoms. The highest BCUT2D eigenvalue weighted by Gasteiger charge is 2.06. The Bertz CT molecular complexity index is 497. The third kappa shape index (κ3) is 3.61. The van der Waals surface area contributed by atoms with Crippen LogP contribution in [0.2, 0.25) is 0 Å². The third-order valence-corrected chi connectivity index (χ3v) is 2.81. The molecule has 0 unspecified atom stereocenters. The summed E-state index contributed by atoms with van der Waals surface area (Å²) in [6.07, 6.45) is 5.25. The molecule has 0 fully saturated rings. The first kappa shape index (κ1) is 13.2. The van der Waals surface area contributed by atoms with E-state index in [4.69, 9.17) is 0 Å². The minimum Gasteiger partial charge on any atom is -0.356 e. The molecule has 0 aliphatic heterocycles. The largest absolute Gasteiger partial charge is 0.356 e. The lowest BCUT2D eigenvalue weighted by atomic mass is 10.3. The number of aromatic nitrogens is 4. The smallest absolute Gasteiger partial charge is 0.244 e. The lowest BCUT2D eigenvalue weighted by molar-refractivity contribution is 0.822. The van der Waals surface area contributed by atoms with Gasteiger partial charge >= 0.3 is 0 Å². The number of anilines is 2. The summed E-state index contributed by atoms with van der Waals surface area (Å²) in [5, 5.41) is 11.1. The van der Waals surface area contributed by atoms with Crippen LogP contribution in [0.25, 0.3) is 0 Å². The normalized spacial score (nSPS) is 10.2. The Morgan fingerprint density at radius 1 is 1.21 bits per heavy atom. The number of hydrogen-bond donors (Lipinski definition) is 1. The van der Waals surface area contributed by atoms with Crippen molar-refractivity contribution < 1.29 is 0 Å². The average Bonchev–Trinajstić information content (AvgIpc) is 2.48. The Morgan fingerprint density at radius 3 is 2.74 bits per heavy atom. The van der Waals surface area contributed by atoms with Crippen LogP contribution in [0.5, 0.6) is 0 Å². The van der Waals surface area contributed by atoms with Crippen LogP contribution >= 0.6 is 0 Å². The molecule has 0 aliphatic rings. The lowest BCUT2D eigenvalue weighted by Crippen LogP contribution is -2.23. The monoisotopic (exact) mass is 258 g/mol. The maximum Gasteiger partial charge on any atom is 0.244 e. The summed E-state index contributed by atoms with van der Waals surface area (Å²) in [6, 6.07) is 3.91. The fraction of sp³-hybridized carbons (Fsp3) is 0.385. The van der Waals surface area contributed by atoms with Crippen LogP contribution in [0.4, 0.5) is 11.8 Å². The molecule has 2 rings (SSSR count). The van der Waals surface area contributed by atoms with Gasteiger partial charge in [-0.25, -0.2) is 0 Å². The van der Waals surface area contributed by atoms with E-state index < -0.39 is 0 Å². The Balaban J connectivity index is 2.03. The van der Waals surface area contributed by atoms with Crippen LogP contribution in [0, 0.1) is 0 Å². The fourth-order valence-corrected chi connectivity index (χ4v) is 1.75. The van der Waals surface area contributed by atoms with Gasteiger partial charge in [-0.3, -0.25) is 4.98 Å². The molecular weight excluding hydrogens is 240 g/mol. The molecule has 0 saturated heterocycles. The van der Waals surface area contributed by atoms with Crippen molar-refractivity contribution in [2.24, 2.45) is 0 Å². The van der Waals surface area contributed by atoms with E-state index >= 15 is 0 Å². The Kier molecular flexibility index (Phi) is 4.60. The molecule has 0 aromatic carbocycles. The molecule has 2 heterocycles. The van der Waals surface area contributed by atoms with Gasteiger partial charge in [-0.1, -0.05) is 6.07 Å². The molecule has 0 aliphatic carbocycles. The molecule has 0 spiro atoms. The highest BCUT2D eigenvalue weighted by atomic mass is 15.3. The molecular formula is C13H18N6. The summed E-state index contributed by atoms with van der Waals surface area (Å²) in [6.45, 7) is 6.62. The van der Waals surface area contributed by atoms with Crippen LogP contribution in [0.3, 0.4) is 0 Å². The van der Waals surface area contributed by atoms with E-state index in [9.17, 15) is 0 Å². The summed E-state index contributed by atoms with van der Waals surface area (Å²) in [5.74, 6) is 1.38. The molecule has 0 saturated carbocycles. The van der Waals surface area contributed by atoms with Gasteiger partial charge in [0.1, 0.15) is 0 Å². The first-order valence-electron chi connectivity index (χ1n) is 6.41. The van der Waals surface area contributed by atoms with E-state index in [0.717, 1.165) is 24.5 Å². The molecule has 0 amide bonds. The van der Waals surface area contributed by atoms with Gasteiger partial charge in [-0.15, -0.1) is 5.10 Å². The van der Waals surface area contributed by atoms with Gasteiger partial charge in [0, 0.05) is 32.0 Å². The van der Waals surface area contributed by atoms with Gasteiger partial charge in [-0.2, -0.15) is 10.1 Å². The molecule has 2 aromatic rings. The number of rotatable bonds is 6. The topological polar surface area (TPSA) is 66.8 Å². The first-order chi connectivity index (χ1) is 9.33. The summed E-state index contributed by atoms with van der Waals surface area (Å²) < 4.78 is 0. The molecule has 2 aromatic heterocycles. The summed E-state index contributed by atoms with van der Waals surface area (Å²) in [5.41, 5.74) is 1.08. The van der Waals surface area contributed by atoms with Crippen molar-refractivity contribution in [2.45, 2.75) is 20.4 Å². The number of nitrogens with zero attached hydrogens (tertiary/aromatic N) is 5. The highest BCUT2D eigenvalue weighted by Crippen LogP contribution is 2.10. The van der Waals surface area contributed by atoms with E-state index in [2.05, 4.69) is 44.2 Å². The second-order valence-electron chi connectivity index (χ2n) is 4.03. The Morgan fingerprint density at radius 2 is 2.05 bits per heavy atom. The van der Waals surface area contributed by atoms with Gasteiger partial charge in [0.25, 0.3) is 0 Å². The van der Waals surface area contributed by atoms with Gasteiger partial charge in [0.15, 0.2) is 5.82 Å². The molecule has 0 radical (unpaired) electrons. The Hall–Kier alpha value is -2.24. The second-order valence-corrected chi connectivity index (χ2v) is 4.03. The standard InChI is InChI=1S/C13H18N6/c1-3-19(4-2)12-10-16-18-13(17-12)15-9-11-6-5-7-14-8-11/h5-8,10H,3-4,9H2,1-2H3,(H,15,17,18). The average molecular weight is 258 g/mol. The lowest BCUT2D eigenvalue weighted by Gasteiger charge is -2.19. The zero-order chi connectivity index (χ0) is 13.5. The molecule has 100 valence electrons. The maximum absolute atomic E-state index is 4.45. The minimum atomic E-state index is 0.535. The summed E-state index contributed by atoms with van der Waals surface area (Å²) in [7, 11) is 0. The van der Waals surface area contributed by atoms with Crippen molar-refractivity contribution in [3.05, 3.63) is 36.3 Å². The van der Waals surface area contributed by atoms with Crippen molar-refractivity contribution in [3.8, 4) is 0 Å². The van der Waals surface area contributed by atoms with Crippen molar-refractivity contribution >= 4 is 11.8 Å². The number of nitrogens with one attached hydrogen (secondary N) is 1. The van der Waals surface area contributed by atoms with Crippen molar-refractivity contribution in [3.63, 3.8) is 0 Å². The molecule has 6 nitrogen and oxygen atoms in total. The van der Waals surface area contributed by atoms with Gasteiger partial charge in [0.05, 0.1) is 6.20 Å². The van der Waals surface area contributed by atoms with Gasteiger partial charge in [-0.05, 0) is 25.5 Å². The third-order valence-electron chi connectivity index (χ3n) is 2.81. The van der Waals surface area contributed by atoms with Crippen LogP contribution < -0.4 is 10.2 Å². The second kappa shape index (κ2) is 6.63. The number of pyridine rings is 1. The van der Waals surface area contributed by atoms with Crippen molar-refractivity contribution in [2.75, 3.05) is 23.3 Å². The minimum absolute atomic E-state index is 0.535. The quantitative estimate of drug-likeness (QED) is 0.851. The van der Waals surface area contributed by atoms with Gasteiger partial charge in [0.2, 0.25) is 5.95 Å². The predicted molar refractivity (Wildman–Crippen MR) is 75.0 cm³/mol. The predicted octanol–water partition coefficient (Wildman–Crippen LogP) is 1.72. The van der Waals surface area contributed by atoms with Gasteiger partial charge < -0.3 is 10.2 Å². The van der Waals surface area contributed by atoms with Crippen molar-refractivity contribution in [1.82, 2.24) is 20.2 Å². The zero-order valence-corrected chi connectivity index (χ0v) is 11.2. The molecule has 0 bridgehead atoms. The van der Waals surface area contributed by atoms with Crippen LogP contribution in [-0.4, -0.2) is 33.3 Å². The van der Waals surface area contributed by atoms with Crippen molar-refractivity contribution in [1.29, 1.82) is 0 Å². The summed E-state index contributed by atoms with van der Waals surface area (Å²) in [4.78, 5) is 10.6. The van der Waals surface area contributed by atoms with E-state index in [1.165, 1.54) is 0 Å². The first-order valence-corrected chi connectivity index (χ1v) is 6.41. The van der Waals surface area contributed by atoms with Crippen LogP contribution in [0.1, 0.15) is 19.4 Å². The highest BCUT2D eigenvalue weighted by molar-refractivity contribution is 5.40. The maximum atomic E-state index is 4.45. The van der Waals surface area contributed by atoms with E-state index in [-0.39, 0.29) is 0 Å². The molecule has 0 atom stereocenters. The fourth-order valence-electron chi connectivity index (χ4n) is 1.75. The molecule has 1 N–H and O–H groups in total. The van der Waals surface area contributed by atoms with E-state index in [1.54, 1.807) is 12.4 Å². The van der Waals surface area contributed by atoms with E-state index in [1.807, 2.05) is 18.3 Å². The molecule has 6 heteroatoms.